The fraction of sp³-hybridized carbons (Fsp3) is 0.667. The topological polar surface area (TPSA) is 45.4 Å². The van der Waals surface area contributed by atoms with Crippen molar-refractivity contribution in [2.24, 2.45) is 5.92 Å². The fourth-order valence-electron chi connectivity index (χ4n) is 1.42. The van der Waals surface area contributed by atoms with E-state index < -0.39 is 0 Å². The van der Waals surface area contributed by atoms with Crippen LogP contribution in [-0.4, -0.2) is 17.8 Å². The highest BCUT2D eigenvalue weighted by atomic mass is 16.3. The highest BCUT2D eigenvalue weighted by molar-refractivity contribution is 5.09. The first-order chi connectivity index (χ1) is 7.11. The predicted octanol–water partition coefficient (Wildman–Crippen LogP) is 2.34. The van der Waals surface area contributed by atoms with Crippen molar-refractivity contribution in [3.8, 4) is 0 Å². The minimum Gasteiger partial charge on any atom is -0.472 e. The molecule has 3 heteroatoms. The molecular formula is C12H21NO2. The third-order valence-corrected chi connectivity index (χ3v) is 2.70. The molecule has 1 aromatic rings. The molecule has 86 valence electrons. The van der Waals surface area contributed by atoms with Gasteiger partial charge in [0.25, 0.3) is 0 Å². The predicted molar refractivity (Wildman–Crippen MR) is 60.6 cm³/mol. The maximum absolute atomic E-state index is 9.61. The van der Waals surface area contributed by atoms with E-state index in [0.717, 1.165) is 18.5 Å². The maximum atomic E-state index is 9.61. The van der Waals surface area contributed by atoms with Crippen LogP contribution in [0.25, 0.3) is 0 Å². The molecule has 0 bridgehead atoms. The van der Waals surface area contributed by atoms with Crippen LogP contribution in [0.15, 0.2) is 23.0 Å². The fourth-order valence-corrected chi connectivity index (χ4v) is 1.42. The molecule has 0 aliphatic heterocycles. The van der Waals surface area contributed by atoms with Gasteiger partial charge in [0, 0.05) is 11.6 Å². The zero-order chi connectivity index (χ0) is 11.3. The van der Waals surface area contributed by atoms with Gasteiger partial charge in [0.05, 0.1) is 18.6 Å². The standard InChI is InChI=1S/C12H21NO2/c1-9(2)12(14)4-6-13-10(3)11-5-7-15-8-11/h5,7-10,12-14H,4,6H2,1-3H3. The summed E-state index contributed by atoms with van der Waals surface area (Å²) in [6.45, 7) is 6.98. The highest BCUT2D eigenvalue weighted by Gasteiger charge is 2.10. The van der Waals surface area contributed by atoms with Gasteiger partial charge >= 0.3 is 0 Å². The van der Waals surface area contributed by atoms with E-state index in [1.807, 2.05) is 19.9 Å². The summed E-state index contributed by atoms with van der Waals surface area (Å²) in [7, 11) is 0. The normalized spacial score (nSPS) is 15.5. The average Bonchev–Trinajstić information content (AvgIpc) is 2.70. The Labute approximate surface area is 91.5 Å². The van der Waals surface area contributed by atoms with Crippen LogP contribution >= 0.6 is 0 Å². The molecule has 1 rings (SSSR count). The van der Waals surface area contributed by atoms with Gasteiger partial charge in [-0.25, -0.2) is 0 Å². The van der Waals surface area contributed by atoms with E-state index >= 15 is 0 Å². The number of aliphatic hydroxyl groups excluding tert-OH is 1. The molecule has 0 radical (unpaired) electrons. The van der Waals surface area contributed by atoms with Crippen LogP contribution in [0.1, 0.15) is 38.8 Å². The number of hydrogen-bond acceptors (Lipinski definition) is 3. The van der Waals surface area contributed by atoms with Crippen molar-refractivity contribution in [3.63, 3.8) is 0 Å². The summed E-state index contributed by atoms with van der Waals surface area (Å²) in [6, 6.07) is 2.24. The van der Waals surface area contributed by atoms with Crippen molar-refractivity contribution in [2.75, 3.05) is 6.54 Å². The van der Waals surface area contributed by atoms with Gasteiger partial charge in [-0.3, -0.25) is 0 Å². The van der Waals surface area contributed by atoms with Gasteiger partial charge in [-0.15, -0.1) is 0 Å². The first-order valence-corrected chi connectivity index (χ1v) is 5.54. The summed E-state index contributed by atoms with van der Waals surface area (Å²) in [5.41, 5.74) is 1.15. The van der Waals surface area contributed by atoms with Gasteiger partial charge in [-0.05, 0) is 31.9 Å². The lowest BCUT2D eigenvalue weighted by Gasteiger charge is -2.17. The number of nitrogens with one attached hydrogen (secondary N) is 1. The third kappa shape index (κ3) is 4.06. The van der Waals surface area contributed by atoms with Gasteiger partial charge in [-0.2, -0.15) is 0 Å². The lowest BCUT2D eigenvalue weighted by molar-refractivity contribution is 0.115. The van der Waals surface area contributed by atoms with E-state index in [-0.39, 0.29) is 12.1 Å². The second kappa shape index (κ2) is 5.93. The van der Waals surface area contributed by atoms with Crippen LogP contribution in [0.2, 0.25) is 0 Å². The third-order valence-electron chi connectivity index (χ3n) is 2.70. The minimum absolute atomic E-state index is 0.214. The van der Waals surface area contributed by atoms with Crippen LogP contribution in [-0.2, 0) is 0 Å². The summed E-state index contributed by atoms with van der Waals surface area (Å²) < 4.78 is 5.01. The van der Waals surface area contributed by atoms with Crippen LogP contribution in [0.4, 0.5) is 0 Å². The molecule has 2 atom stereocenters. The minimum atomic E-state index is -0.214. The molecule has 3 nitrogen and oxygen atoms in total. The summed E-state index contributed by atoms with van der Waals surface area (Å²) in [5.74, 6) is 0.330. The van der Waals surface area contributed by atoms with Gasteiger partial charge < -0.3 is 14.8 Å². The Hall–Kier alpha value is -0.800. The van der Waals surface area contributed by atoms with Crippen molar-refractivity contribution < 1.29 is 9.52 Å². The number of hydrogen-bond donors (Lipinski definition) is 2. The summed E-state index contributed by atoms with van der Waals surface area (Å²) >= 11 is 0. The molecule has 0 amide bonds. The quantitative estimate of drug-likeness (QED) is 0.759. The SMILES string of the molecule is CC(NCCC(O)C(C)C)c1ccoc1. The zero-order valence-electron chi connectivity index (χ0n) is 9.73. The lowest BCUT2D eigenvalue weighted by Crippen LogP contribution is -2.25. The number of aliphatic hydroxyl groups is 1. The van der Waals surface area contributed by atoms with Crippen molar-refractivity contribution in [2.45, 2.75) is 39.3 Å². The largest absolute Gasteiger partial charge is 0.472 e. The van der Waals surface area contributed by atoms with Crippen molar-refractivity contribution >= 4 is 0 Å². The van der Waals surface area contributed by atoms with Crippen molar-refractivity contribution in [1.29, 1.82) is 0 Å². The monoisotopic (exact) mass is 211 g/mol. The van der Waals surface area contributed by atoms with Gasteiger partial charge in [0.15, 0.2) is 0 Å². The van der Waals surface area contributed by atoms with Crippen molar-refractivity contribution in [3.05, 3.63) is 24.2 Å². The molecule has 2 N–H and O–H groups in total. The van der Waals surface area contributed by atoms with E-state index in [2.05, 4.69) is 12.2 Å². The van der Waals surface area contributed by atoms with E-state index in [0.29, 0.717) is 5.92 Å². The molecule has 1 aromatic heterocycles. The second-order valence-electron chi connectivity index (χ2n) is 4.33. The highest BCUT2D eigenvalue weighted by Crippen LogP contribution is 2.12. The van der Waals surface area contributed by atoms with E-state index in [1.54, 1.807) is 12.5 Å². The Morgan fingerprint density at radius 3 is 2.67 bits per heavy atom. The number of furan rings is 1. The second-order valence-corrected chi connectivity index (χ2v) is 4.33. The van der Waals surface area contributed by atoms with E-state index in [9.17, 15) is 5.11 Å². The Kier molecular flexibility index (Phi) is 4.85. The van der Waals surface area contributed by atoms with Gasteiger partial charge in [0.1, 0.15) is 0 Å². The molecule has 0 saturated carbocycles. The zero-order valence-corrected chi connectivity index (χ0v) is 9.73. The Balaban J connectivity index is 2.21. The molecule has 15 heavy (non-hydrogen) atoms. The summed E-state index contributed by atoms with van der Waals surface area (Å²) in [6.07, 6.45) is 4.00. The van der Waals surface area contributed by atoms with E-state index in [4.69, 9.17) is 4.42 Å². The van der Waals surface area contributed by atoms with Crippen LogP contribution in [0, 0.1) is 5.92 Å². The Morgan fingerprint density at radius 1 is 1.40 bits per heavy atom. The first-order valence-electron chi connectivity index (χ1n) is 5.54. The molecule has 0 aliphatic carbocycles. The number of rotatable bonds is 6. The molecule has 0 aromatic carbocycles. The maximum Gasteiger partial charge on any atom is 0.0950 e. The molecule has 0 aliphatic rings. The first kappa shape index (κ1) is 12.3. The lowest BCUT2D eigenvalue weighted by atomic mass is 10.0. The Morgan fingerprint density at radius 2 is 2.13 bits per heavy atom. The van der Waals surface area contributed by atoms with Gasteiger partial charge in [-0.1, -0.05) is 13.8 Å². The molecular weight excluding hydrogens is 190 g/mol. The average molecular weight is 211 g/mol. The van der Waals surface area contributed by atoms with Crippen LogP contribution in [0.3, 0.4) is 0 Å². The Bertz CT molecular complexity index is 257. The smallest absolute Gasteiger partial charge is 0.0950 e. The summed E-state index contributed by atoms with van der Waals surface area (Å²) in [4.78, 5) is 0. The molecule has 0 saturated heterocycles. The molecule has 1 heterocycles. The van der Waals surface area contributed by atoms with Crippen LogP contribution in [0.5, 0.6) is 0 Å². The van der Waals surface area contributed by atoms with Crippen LogP contribution < -0.4 is 5.32 Å². The van der Waals surface area contributed by atoms with E-state index in [1.165, 1.54) is 0 Å². The van der Waals surface area contributed by atoms with Gasteiger partial charge in [0.2, 0.25) is 0 Å². The van der Waals surface area contributed by atoms with Crippen molar-refractivity contribution in [1.82, 2.24) is 5.32 Å². The molecule has 0 fully saturated rings. The molecule has 2 unspecified atom stereocenters. The molecule has 0 spiro atoms. The summed E-state index contributed by atoms with van der Waals surface area (Å²) in [5, 5.41) is 13.0.